The van der Waals surface area contributed by atoms with E-state index in [-0.39, 0.29) is 15.8 Å². The molecule has 8 heteroatoms. The van der Waals surface area contributed by atoms with Crippen LogP contribution in [0.4, 0.5) is 0 Å². The summed E-state index contributed by atoms with van der Waals surface area (Å²) in [6.07, 6.45) is 0.323. The Morgan fingerprint density at radius 2 is 1.89 bits per heavy atom. The van der Waals surface area contributed by atoms with E-state index in [4.69, 9.17) is 4.55 Å². The molecule has 0 atom stereocenters. The Morgan fingerprint density at radius 1 is 1.22 bits per heavy atom. The number of hydrogen-bond donors (Lipinski definition) is 3. The number of aromatic nitrogens is 2. The highest BCUT2D eigenvalue weighted by molar-refractivity contribution is 7.85. The molecule has 0 saturated carbocycles. The Morgan fingerprint density at radius 3 is 2.44 bits per heavy atom. The number of rotatable bonds is 2. The molecule has 96 valence electrons. The summed E-state index contributed by atoms with van der Waals surface area (Å²) in [5, 5.41) is 0.166. The highest BCUT2D eigenvalue weighted by atomic mass is 32.2. The lowest BCUT2D eigenvalue weighted by atomic mass is 10.1. The Labute approximate surface area is 101 Å². The highest BCUT2D eigenvalue weighted by Gasteiger charge is 2.16. The van der Waals surface area contributed by atoms with Crippen molar-refractivity contribution in [2.75, 3.05) is 0 Å². The molecule has 0 unspecified atom stereocenters. The van der Waals surface area contributed by atoms with Gasteiger partial charge in [-0.1, -0.05) is 6.92 Å². The van der Waals surface area contributed by atoms with Gasteiger partial charge in [-0.25, -0.2) is 4.79 Å². The van der Waals surface area contributed by atoms with Crippen LogP contribution in [0.5, 0.6) is 0 Å². The van der Waals surface area contributed by atoms with Crippen LogP contribution in [0, 0.1) is 0 Å². The van der Waals surface area contributed by atoms with Crippen LogP contribution in [0.15, 0.2) is 26.6 Å². The van der Waals surface area contributed by atoms with Gasteiger partial charge < -0.3 is 4.98 Å². The topological polar surface area (TPSA) is 120 Å². The van der Waals surface area contributed by atoms with Crippen molar-refractivity contribution in [3.63, 3.8) is 0 Å². The molecule has 0 bridgehead atoms. The van der Waals surface area contributed by atoms with Crippen LogP contribution in [-0.4, -0.2) is 22.9 Å². The van der Waals surface area contributed by atoms with Gasteiger partial charge in [0.15, 0.2) is 0 Å². The van der Waals surface area contributed by atoms with Gasteiger partial charge in [-0.2, -0.15) is 8.42 Å². The van der Waals surface area contributed by atoms with E-state index in [2.05, 4.69) is 4.98 Å². The van der Waals surface area contributed by atoms with E-state index in [1.54, 1.807) is 6.92 Å². The van der Waals surface area contributed by atoms with Gasteiger partial charge in [-0.3, -0.25) is 14.3 Å². The molecule has 0 radical (unpaired) electrons. The molecule has 1 aromatic carbocycles. The van der Waals surface area contributed by atoms with Crippen LogP contribution >= 0.6 is 0 Å². The summed E-state index contributed by atoms with van der Waals surface area (Å²) in [5.74, 6) is 0. The third kappa shape index (κ3) is 2.07. The standard InChI is InChI=1S/C10H10N2O5S/c1-2-5-3-6-7(4-8(5)18(15,16)17)11-10(14)12-9(6)13/h3-4H,2H2,1H3,(H,15,16,17)(H2,11,12,13,14). The SMILES string of the molecule is CCc1cc2c(=O)[nH]c(=O)[nH]c2cc1S(=O)(=O)O. The van der Waals surface area contributed by atoms with Gasteiger partial charge in [0.2, 0.25) is 0 Å². The van der Waals surface area contributed by atoms with Gasteiger partial charge >= 0.3 is 5.69 Å². The quantitative estimate of drug-likeness (QED) is 0.665. The van der Waals surface area contributed by atoms with Crippen molar-refractivity contribution in [1.82, 2.24) is 9.97 Å². The predicted octanol–water partition coefficient (Wildman–Crippen LogP) is 0.0255. The zero-order valence-corrected chi connectivity index (χ0v) is 10.2. The molecule has 0 saturated heterocycles. The second-order valence-corrected chi connectivity index (χ2v) is 5.13. The molecule has 0 aliphatic carbocycles. The average molecular weight is 270 g/mol. The Hall–Kier alpha value is -1.93. The van der Waals surface area contributed by atoms with Crippen LogP contribution in [0.1, 0.15) is 12.5 Å². The first-order chi connectivity index (χ1) is 8.32. The first-order valence-corrected chi connectivity index (χ1v) is 6.53. The lowest BCUT2D eigenvalue weighted by Gasteiger charge is -2.06. The largest absolute Gasteiger partial charge is 0.326 e. The first-order valence-electron chi connectivity index (χ1n) is 5.09. The van der Waals surface area contributed by atoms with Crippen molar-refractivity contribution in [2.24, 2.45) is 0 Å². The second-order valence-electron chi connectivity index (χ2n) is 3.74. The summed E-state index contributed by atoms with van der Waals surface area (Å²) in [4.78, 5) is 26.7. The molecule has 2 rings (SSSR count). The summed E-state index contributed by atoms with van der Waals surface area (Å²) in [7, 11) is -4.40. The van der Waals surface area contributed by atoms with Crippen LogP contribution in [0.2, 0.25) is 0 Å². The maximum Gasteiger partial charge on any atom is 0.326 e. The number of aryl methyl sites for hydroxylation is 1. The third-order valence-corrected chi connectivity index (χ3v) is 3.52. The number of benzene rings is 1. The molecule has 2 aromatic rings. The molecule has 0 amide bonds. The normalized spacial score (nSPS) is 11.9. The van der Waals surface area contributed by atoms with Crippen LogP contribution in [0.25, 0.3) is 10.9 Å². The fourth-order valence-corrected chi connectivity index (χ4v) is 2.56. The zero-order valence-electron chi connectivity index (χ0n) is 9.35. The molecule has 0 fully saturated rings. The Balaban J connectivity index is 3.00. The van der Waals surface area contributed by atoms with Gasteiger partial charge in [-0.15, -0.1) is 0 Å². The fraction of sp³-hybridized carbons (Fsp3) is 0.200. The first kappa shape index (κ1) is 12.5. The molecule has 18 heavy (non-hydrogen) atoms. The van der Waals surface area contributed by atoms with Crippen molar-refractivity contribution in [2.45, 2.75) is 18.2 Å². The maximum atomic E-state index is 11.5. The lowest BCUT2D eigenvalue weighted by molar-refractivity contribution is 0.482. The van der Waals surface area contributed by atoms with Crippen LogP contribution in [-0.2, 0) is 16.5 Å². The number of aromatic amines is 2. The van der Waals surface area contributed by atoms with Crippen molar-refractivity contribution in [3.8, 4) is 0 Å². The molecule has 0 aliphatic heterocycles. The van der Waals surface area contributed by atoms with Gasteiger partial charge in [0.05, 0.1) is 15.8 Å². The van der Waals surface area contributed by atoms with Crippen molar-refractivity contribution < 1.29 is 13.0 Å². The third-order valence-electron chi connectivity index (χ3n) is 2.58. The van der Waals surface area contributed by atoms with E-state index in [9.17, 15) is 18.0 Å². The number of nitrogens with one attached hydrogen (secondary N) is 2. The summed E-state index contributed by atoms with van der Waals surface area (Å²) in [6, 6.07) is 2.42. The minimum atomic E-state index is -4.40. The van der Waals surface area contributed by atoms with Gasteiger partial charge in [0.25, 0.3) is 15.7 Å². The van der Waals surface area contributed by atoms with E-state index < -0.39 is 21.4 Å². The monoisotopic (exact) mass is 270 g/mol. The fourth-order valence-electron chi connectivity index (χ4n) is 1.76. The Bertz CT molecular complexity index is 831. The van der Waals surface area contributed by atoms with Gasteiger partial charge in [0.1, 0.15) is 0 Å². The van der Waals surface area contributed by atoms with E-state index in [0.29, 0.717) is 12.0 Å². The average Bonchev–Trinajstić information content (AvgIpc) is 2.26. The number of H-pyrrole nitrogens is 2. The predicted molar refractivity (Wildman–Crippen MR) is 64.4 cm³/mol. The molecule has 0 aliphatic rings. The Kier molecular flexibility index (Phi) is 2.83. The molecule has 1 heterocycles. The number of hydrogen-bond acceptors (Lipinski definition) is 4. The smallest absolute Gasteiger partial charge is 0.307 e. The summed E-state index contributed by atoms with van der Waals surface area (Å²) >= 11 is 0. The molecular weight excluding hydrogens is 260 g/mol. The van der Waals surface area contributed by atoms with E-state index in [1.165, 1.54) is 6.07 Å². The minimum Gasteiger partial charge on any atom is -0.307 e. The molecule has 7 nitrogen and oxygen atoms in total. The highest BCUT2D eigenvalue weighted by Crippen LogP contribution is 2.20. The minimum absolute atomic E-state index is 0.0635. The molecule has 3 N–H and O–H groups in total. The summed E-state index contributed by atoms with van der Waals surface area (Å²) in [5.41, 5.74) is -0.973. The number of fused-ring (bicyclic) bond motifs is 1. The van der Waals surface area contributed by atoms with Gasteiger partial charge in [0, 0.05) is 0 Å². The van der Waals surface area contributed by atoms with Crippen LogP contribution < -0.4 is 11.2 Å². The van der Waals surface area contributed by atoms with Crippen molar-refractivity contribution in [1.29, 1.82) is 0 Å². The zero-order chi connectivity index (χ0) is 13.5. The van der Waals surface area contributed by atoms with Crippen LogP contribution in [0.3, 0.4) is 0 Å². The second kappa shape index (κ2) is 4.07. The van der Waals surface area contributed by atoms with Crippen molar-refractivity contribution in [3.05, 3.63) is 38.5 Å². The van der Waals surface area contributed by atoms with Gasteiger partial charge in [-0.05, 0) is 24.1 Å². The summed E-state index contributed by atoms with van der Waals surface area (Å²) in [6.45, 7) is 1.69. The van der Waals surface area contributed by atoms with Crippen molar-refractivity contribution >= 4 is 21.0 Å². The molecule has 0 spiro atoms. The van der Waals surface area contributed by atoms with E-state index in [1.807, 2.05) is 4.98 Å². The van der Waals surface area contributed by atoms with E-state index >= 15 is 0 Å². The maximum absolute atomic E-state index is 11.5. The molecular formula is C10H10N2O5S. The van der Waals surface area contributed by atoms with E-state index in [0.717, 1.165) is 6.07 Å². The lowest BCUT2D eigenvalue weighted by Crippen LogP contribution is -2.22. The summed E-state index contributed by atoms with van der Waals surface area (Å²) < 4.78 is 31.5. The molecule has 1 aromatic heterocycles.